The molecule has 138 valence electrons. The summed E-state index contributed by atoms with van der Waals surface area (Å²) < 4.78 is 0. The SMILES string of the molecule is CC(=O)Nc1cc(NC(=O)c2ccccc2SCc2cscn2)ccc1C. The molecule has 2 aromatic carbocycles. The van der Waals surface area contributed by atoms with Crippen LogP contribution in [0.2, 0.25) is 0 Å². The van der Waals surface area contributed by atoms with Crippen LogP contribution in [0.3, 0.4) is 0 Å². The van der Waals surface area contributed by atoms with Crippen molar-refractivity contribution in [3.8, 4) is 0 Å². The molecule has 0 aliphatic heterocycles. The fourth-order valence-electron chi connectivity index (χ4n) is 2.46. The van der Waals surface area contributed by atoms with Crippen LogP contribution in [0, 0.1) is 6.92 Å². The summed E-state index contributed by atoms with van der Waals surface area (Å²) in [7, 11) is 0. The highest BCUT2D eigenvalue weighted by molar-refractivity contribution is 7.98. The number of nitrogens with zero attached hydrogens (tertiary/aromatic N) is 1. The molecule has 5 nitrogen and oxygen atoms in total. The minimum absolute atomic E-state index is 0.148. The summed E-state index contributed by atoms with van der Waals surface area (Å²) in [5.41, 5.74) is 5.67. The first kappa shape index (κ1) is 19.1. The zero-order valence-corrected chi connectivity index (χ0v) is 16.6. The van der Waals surface area contributed by atoms with Crippen molar-refractivity contribution in [2.45, 2.75) is 24.5 Å². The van der Waals surface area contributed by atoms with Crippen molar-refractivity contribution in [1.29, 1.82) is 0 Å². The molecule has 0 radical (unpaired) electrons. The highest BCUT2D eigenvalue weighted by atomic mass is 32.2. The third-order valence-corrected chi connectivity index (χ3v) is 5.54. The molecule has 3 rings (SSSR count). The number of hydrogen-bond acceptors (Lipinski definition) is 5. The fraction of sp³-hybridized carbons (Fsp3) is 0.150. The van der Waals surface area contributed by atoms with Crippen molar-refractivity contribution in [1.82, 2.24) is 4.98 Å². The Morgan fingerprint density at radius 1 is 1.15 bits per heavy atom. The molecule has 3 aromatic rings. The van der Waals surface area contributed by atoms with E-state index in [1.807, 2.05) is 48.7 Å². The molecule has 1 heterocycles. The van der Waals surface area contributed by atoms with Crippen LogP contribution < -0.4 is 10.6 Å². The average molecular weight is 398 g/mol. The maximum absolute atomic E-state index is 12.8. The molecule has 0 aliphatic rings. The van der Waals surface area contributed by atoms with Crippen molar-refractivity contribution in [3.05, 3.63) is 70.2 Å². The topological polar surface area (TPSA) is 71.1 Å². The second kappa shape index (κ2) is 8.83. The van der Waals surface area contributed by atoms with E-state index in [1.54, 1.807) is 34.7 Å². The number of thiazole rings is 1. The van der Waals surface area contributed by atoms with Gasteiger partial charge >= 0.3 is 0 Å². The molecule has 2 amide bonds. The monoisotopic (exact) mass is 397 g/mol. The molecule has 0 aliphatic carbocycles. The lowest BCUT2D eigenvalue weighted by Gasteiger charge is -2.12. The van der Waals surface area contributed by atoms with Crippen molar-refractivity contribution in [2.24, 2.45) is 0 Å². The van der Waals surface area contributed by atoms with Gasteiger partial charge in [0, 0.05) is 34.3 Å². The van der Waals surface area contributed by atoms with E-state index < -0.39 is 0 Å². The zero-order chi connectivity index (χ0) is 19.2. The standard InChI is InChI=1S/C20H19N3O2S2/c1-13-7-8-15(9-18(13)22-14(2)24)23-20(25)17-5-3-4-6-19(17)27-11-16-10-26-12-21-16/h3-10,12H,11H2,1-2H3,(H,22,24)(H,23,25). The molecule has 7 heteroatoms. The van der Waals surface area contributed by atoms with Gasteiger partial charge < -0.3 is 10.6 Å². The number of nitrogens with one attached hydrogen (secondary N) is 2. The van der Waals surface area contributed by atoms with Gasteiger partial charge in [-0.1, -0.05) is 18.2 Å². The third-order valence-electron chi connectivity index (χ3n) is 3.80. The van der Waals surface area contributed by atoms with Crippen LogP contribution >= 0.6 is 23.1 Å². The molecular weight excluding hydrogens is 378 g/mol. The van der Waals surface area contributed by atoms with Crippen LogP contribution in [0.15, 0.2) is 58.3 Å². The van der Waals surface area contributed by atoms with E-state index in [1.165, 1.54) is 6.92 Å². The largest absolute Gasteiger partial charge is 0.326 e. The molecule has 0 spiro atoms. The predicted molar refractivity (Wildman–Crippen MR) is 112 cm³/mol. The Morgan fingerprint density at radius 3 is 2.70 bits per heavy atom. The summed E-state index contributed by atoms with van der Waals surface area (Å²) in [6.07, 6.45) is 0. The summed E-state index contributed by atoms with van der Waals surface area (Å²) in [6, 6.07) is 13.0. The number of amides is 2. The van der Waals surface area contributed by atoms with E-state index in [2.05, 4.69) is 15.6 Å². The van der Waals surface area contributed by atoms with Crippen molar-refractivity contribution >= 4 is 46.3 Å². The lowest BCUT2D eigenvalue weighted by molar-refractivity contribution is -0.114. The van der Waals surface area contributed by atoms with Gasteiger partial charge in [0.15, 0.2) is 0 Å². The van der Waals surface area contributed by atoms with Crippen molar-refractivity contribution < 1.29 is 9.59 Å². The minimum Gasteiger partial charge on any atom is -0.326 e. The number of thioether (sulfide) groups is 1. The molecular formula is C20H19N3O2S2. The van der Waals surface area contributed by atoms with Gasteiger partial charge in [-0.3, -0.25) is 9.59 Å². The Balaban J connectivity index is 1.75. The molecule has 1 aromatic heterocycles. The van der Waals surface area contributed by atoms with Crippen LogP contribution in [0.1, 0.15) is 28.5 Å². The molecule has 0 atom stereocenters. The van der Waals surface area contributed by atoms with Gasteiger partial charge in [0.2, 0.25) is 5.91 Å². The summed E-state index contributed by atoms with van der Waals surface area (Å²) in [5, 5.41) is 7.69. The van der Waals surface area contributed by atoms with E-state index in [9.17, 15) is 9.59 Å². The van der Waals surface area contributed by atoms with Gasteiger partial charge in [-0.05, 0) is 36.8 Å². The van der Waals surface area contributed by atoms with E-state index in [0.29, 0.717) is 22.7 Å². The zero-order valence-electron chi connectivity index (χ0n) is 15.0. The van der Waals surface area contributed by atoms with Gasteiger partial charge in [-0.2, -0.15) is 0 Å². The number of benzene rings is 2. The Morgan fingerprint density at radius 2 is 1.96 bits per heavy atom. The number of carbonyl (C=O) groups is 2. The smallest absolute Gasteiger partial charge is 0.256 e. The van der Waals surface area contributed by atoms with Gasteiger partial charge in [-0.25, -0.2) is 4.98 Å². The van der Waals surface area contributed by atoms with Gasteiger partial charge in [0.05, 0.1) is 16.8 Å². The Bertz CT molecular complexity index is 956. The molecule has 0 unspecified atom stereocenters. The number of aryl methyl sites for hydroxylation is 1. The van der Waals surface area contributed by atoms with Gasteiger partial charge in [0.25, 0.3) is 5.91 Å². The van der Waals surface area contributed by atoms with E-state index in [-0.39, 0.29) is 11.8 Å². The lowest BCUT2D eigenvalue weighted by Crippen LogP contribution is -2.14. The highest BCUT2D eigenvalue weighted by Gasteiger charge is 2.13. The summed E-state index contributed by atoms with van der Waals surface area (Å²) in [5.74, 6) is 0.379. The van der Waals surface area contributed by atoms with Crippen molar-refractivity contribution in [2.75, 3.05) is 10.6 Å². The van der Waals surface area contributed by atoms with E-state index in [0.717, 1.165) is 16.2 Å². The quantitative estimate of drug-likeness (QED) is 0.577. The van der Waals surface area contributed by atoms with Crippen molar-refractivity contribution in [3.63, 3.8) is 0 Å². The first-order valence-corrected chi connectivity index (χ1v) is 10.2. The van der Waals surface area contributed by atoms with Crippen LogP contribution in [-0.2, 0) is 10.5 Å². The maximum Gasteiger partial charge on any atom is 0.256 e. The summed E-state index contributed by atoms with van der Waals surface area (Å²) in [4.78, 5) is 29.3. The molecule has 0 fully saturated rings. The lowest BCUT2D eigenvalue weighted by atomic mass is 10.1. The molecule has 0 bridgehead atoms. The highest BCUT2D eigenvalue weighted by Crippen LogP contribution is 2.27. The first-order chi connectivity index (χ1) is 13.0. The summed E-state index contributed by atoms with van der Waals surface area (Å²) in [6.45, 7) is 3.36. The third kappa shape index (κ3) is 5.18. The van der Waals surface area contributed by atoms with E-state index in [4.69, 9.17) is 0 Å². The van der Waals surface area contributed by atoms with Crippen LogP contribution in [0.25, 0.3) is 0 Å². The Kier molecular flexibility index (Phi) is 6.26. The first-order valence-electron chi connectivity index (χ1n) is 8.31. The van der Waals surface area contributed by atoms with Crippen LogP contribution in [-0.4, -0.2) is 16.8 Å². The molecule has 27 heavy (non-hydrogen) atoms. The second-order valence-electron chi connectivity index (χ2n) is 5.93. The summed E-state index contributed by atoms with van der Waals surface area (Å²) >= 11 is 3.14. The maximum atomic E-state index is 12.8. The average Bonchev–Trinajstić information content (AvgIpc) is 3.16. The van der Waals surface area contributed by atoms with Gasteiger partial charge in [-0.15, -0.1) is 23.1 Å². The minimum atomic E-state index is -0.186. The number of aromatic nitrogens is 1. The van der Waals surface area contributed by atoms with Crippen LogP contribution in [0.5, 0.6) is 0 Å². The fourth-order valence-corrected chi connectivity index (χ4v) is 4.08. The Labute approximate surface area is 166 Å². The number of anilines is 2. The molecule has 0 saturated heterocycles. The van der Waals surface area contributed by atoms with E-state index >= 15 is 0 Å². The molecule has 2 N–H and O–H groups in total. The normalized spacial score (nSPS) is 10.4. The predicted octanol–water partition coefficient (Wildman–Crippen LogP) is 4.95. The van der Waals surface area contributed by atoms with Gasteiger partial charge in [0.1, 0.15) is 0 Å². The second-order valence-corrected chi connectivity index (χ2v) is 7.67. The number of carbonyl (C=O) groups excluding carboxylic acids is 2. The van der Waals surface area contributed by atoms with Crippen LogP contribution in [0.4, 0.5) is 11.4 Å². The Hall–Kier alpha value is -2.64. The molecule has 0 saturated carbocycles. The number of rotatable bonds is 6. The number of hydrogen-bond donors (Lipinski definition) is 2.